The molecule has 1 N–H and O–H groups in total. The average molecular weight is 287 g/mol. The van der Waals surface area contributed by atoms with E-state index in [0.717, 1.165) is 6.07 Å². The highest BCUT2D eigenvalue weighted by Gasteiger charge is 2.33. The second-order valence-electron chi connectivity index (χ2n) is 5.68. The molecule has 5 nitrogen and oxygen atoms in total. The molecule has 0 aliphatic heterocycles. The lowest BCUT2D eigenvalue weighted by molar-refractivity contribution is -0.118. The van der Waals surface area contributed by atoms with Gasteiger partial charge in [0.25, 0.3) is 0 Å². The van der Waals surface area contributed by atoms with Crippen molar-refractivity contribution >= 4 is 11.5 Å². The van der Waals surface area contributed by atoms with E-state index < -0.39 is 5.82 Å². The van der Waals surface area contributed by atoms with E-state index in [1.54, 1.807) is 6.07 Å². The summed E-state index contributed by atoms with van der Waals surface area (Å²) in [6, 6.07) is 5.65. The molecule has 0 aromatic heterocycles. The lowest BCUT2D eigenvalue weighted by Crippen LogP contribution is -2.25. The number of benzene rings is 1. The number of carbonyl (C=O) groups excluding carboxylic acids is 1. The van der Waals surface area contributed by atoms with Crippen LogP contribution in [0.5, 0.6) is 0 Å². The molecule has 0 spiro atoms. The minimum absolute atomic E-state index is 0.0235. The van der Waals surface area contributed by atoms with Crippen molar-refractivity contribution in [2.24, 2.45) is 15.6 Å². The molecule has 6 heteroatoms. The molecule has 0 heterocycles. The topological polar surface area (TPSA) is 85.8 Å². The zero-order valence-electron chi connectivity index (χ0n) is 11.7. The fourth-order valence-electron chi connectivity index (χ4n) is 2.20. The molecule has 1 aromatic carbocycles. The number of carbonyl (C=O) groups is 1. The number of Topliss-reactive ketones (excluding diaryl/α,β-unsaturated/α-hetero) is 1. The molecule has 0 radical (unpaired) electrons. The van der Waals surface area contributed by atoms with E-state index in [0.29, 0.717) is 6.42 Å². The van der Waals surface area contributed by atoms with Crippen molar-refractivity contribution in [1.29, 1.82) is 5.26 Å². The van der Waals surface area contributed by atoms with Crippen molar-refractivity contribution in [1.82, 2.24) is 0 Å². The number of azo groups is 1. The number of aliphatic hydroxyl groups excluding tert-OH is 1. The smallest absolute Gasteiger partial charge is 0.187 e. The van der Waals surface area contributed by atoms with Crippen LogP contribution in [0, 0.1) is 22.6 Å². The molecule has 0 unspecified atom stereocenters. The largest absolute Gasteiger partial charge is 0.510 e. The van der Waals surface area contributed by atoms with Gasteiger partial charge in [0.05, 0.1) is 0 Å². The van der Waals surface area contributed by atoms with Crippen molar-refractivity contribution in [2.75, 3.05) is 0 Å². The number of nitriles is 1. The van der Waals surface area contributed by atoms with Gasteiger partial charge in [0.1, 0.15) is 28.9 Å². The number of halogens is 1. The Kier molecular flexibility index (Phi) is 3.85. The molecular formula is C15H14FN3O2. The first-order chi connectivity index (χ1) is 9.84. The van der Waals surface area contributed by atoms with Crippen molar-refractivity contribution in [3.8, 4) is 6.07 Å². The third-order valence-corrected chi connectivity index (χ3v) is 3.18. The third kappa shape index (κ3) is 3.14. The average Bonchev–Trinajstić information content (AvgIpc) is 2.36. The van der Waals surface area contributed by atoms with Crippen LogP contribution in [-0.2, 0) is 4.79 Å². The van der Waals surface area contributed by atoms with Gasteiger partial charge in [-0.2, -0.15) is 5.26 Å². The highest BCUT2D eigenvalue weighted by molar-refractivity contribution is 5.96. The Labute approximate surface area is 121 Å². The number of ketones is 1. The van der Waals surface area contributed by atoms with Crippen molar-refractivity contribution in [2.45, 2.75) is 26.7 Å². The molecule has 0 atom stereocenters. The molecule has 0 saturated carbocycles. The van der Waals surface area contributed by atoms with Crippen LogP contribution in [0.15, 0.2) is 39.9 Å². The number of allylic oxidation sites excluding steroid dienone is 2. The predicted octanol–water partition coefficient (Wildman–Crippen LogP) is 3.94. The Bertz CT molecular complexity index is 699. The van der Waals surface area contributed by atoms with E-state index >= 15 is 0 Å². The summed E-state index contributed by atoms with van der Waals surface area (Å²) >= 11 is 0. The fourth-order valence-corrected chi connectivity index (χ4v) is 2.20. The quantitative estimate of drug-likeness (QED) is 0.836. The molecule has 0 bridgehead atoms. The van der Waals surface area contributed by atoms with E-state index in [-0.39, 0.29) is 40.3 Å². The highest BCUT2D eigenvalue weighted by Crippen LogP contribution is 2.36. The van der Waals surface area contributed by atoms with Gasteiger partial charge in [-0.3, -0.25) is 4.79 Å². The van der Waals surface area contributed by atoms with Gasteiger partial charge in [-0.1, -0.05) is 19.9 Å². The lowest BCUT2D eigenvalue weighted by atomic mass is 9.78. The van der Waals surface area contributed by atoms with Crippen LogP contribution in [0.25, 0.3) is 0 Å². The second kappa shape index (κ2) is 5.44. The maximum Gasteiger partial charge on any atom is 0.187 e. The maximum atomic E-state index is 13.4. The monoisotopic (exact) mass is 287 g/mol. The molecular weight excluding hydrogens is 273 g/mol. The van der Waals surface area contributed by atoms with Crippen LogP contribution in [-0.4, -0.2) is 10.9 Å². The van der Waals surface area contributed by atoms with Crippen molar-refractivity contribution in [3.05, 3.63) is 41.0 Å². The third-order valence-electron chi connectivity index (χ3n) is 3.18. The summed E-state index contributed by atoms with van der Waals surface area (Å²) in [4.78, 5) is 12.0. The van der Waals surface area contributed by atoms with Gasteiger partial charge < -0.3 is 5.11 Å². The summed E-state index contributed by atoms with van der Waals surface area (Å²) in [5.41, 5.74) is -0.667. The summed E-state index contributed by atoms with van der Waals surface area (Å²) in [5, 5.41) is 26.2. The maximum absolute atomic E-state index is 13.4. The molecule has 1 aliphatic rings. The van der Waals surface area contributed by atoms with E-state index in [4.69, 9.17) is 5.26 Å². The zero-order chi connectivity index (χ0) is 15.6. The summed E-state index contributed by atoms with van der Waals surface area (Å²) in [5.74, 6) is -1.15. The number of hydrogen-bond acceptors (Lipinski definition) is 5. The molecule has 0 fully saturated rings. The summed E-state index contributed by atoms with van der Waals surface area (Å²) in [6.45, 7) is 3.74. The van der Waals surface area contributed by atoms with Crippen LogP contribution >= 0.6 is 0 Å². The van der Waals surface area contributed by atoms with Gasteiger partial charge in [-0.25, -0.2) is 4.39 Å². The van der Waals surface area contributed by atoms with Gasteiger partial charge >= 0.3 is 0 Å². The Balaban J connectivity index is 2.37. The number of aliphatic hydroxyl groups is 1. The van der Waals surface area contributed by atoms with E-state index in [1.807, 2.05) is 13.8 Å². The van der Waals surface area contributed by atoms with Gasteiger partial charge in [0, 0.05) is 12.8 Å². The van der Waals surface area contributed by atoms with E-state index in [1.165, 1.54) is 12.1 Å². The Morgan fingerprint density at radius 3 is 2.67 bits per heavy atom. The van der Waals surface area contributed by atoms with Crippen LogP contribution < -0.4 is 0 Å². The molecule has 0 amide bonds. The van der Waals surface area contributed by atoms with Crippen LogP contribution in [0.2, 0.25) is 0 Å². The van der Waals surface area contributed by atoms with Gasteiger partial charge in [-0.15, -0.1) is 10.2 Å². The first kappa shape index (κ1) is 14.9. The predicted molar refractivity (Wildman–Crippen MR) is 73.3 cm³/mol. The number of nitrogens with zero attached hydrogens (tertiary/aromatic N) is 3. The molecule has 1 aromatic rings. The fraction of sp³-hybridized carbons (Fsp3) is 0.333. The number of rotatable bonds is 2. The second-order valence-corrected chi connectivity index (χ2v) is 5.68. The summed E-state index contributed by atoms with van der Waals surface area (Å²) < 4.78 is 13.4. The van der Waals surface area contributed by atoms with Crippen molar-refractivity contribution in [3.63, 3.8) is 0 Å². The summed E-state index contributed by atoms with van der Waals surface area (Å²) in [6.07, 6.45) is 0.570. The lowest BCUT2D eigenvalue weighted by Gasteiger charge is -2.27. The summed E-state index contributed by atoms with van der Waals surface area (Å²) in [7, 11) is 0. The SMILES string of the molecule is CC1(C)CC(=O)C(N=Nc2cccc(F)c2C#N)=C(O)C1. The van der Waals surface area contributed by atoms with Crippen LogP contribution in [0.4, 0.5) is 10.1 Å². The van der Waals surface area contributed by atoms with E-state index in [2.05, 4.69) is 10.2 Å². The normalized spacial score (nSPS) is 18.1. The molecule has 21 heavy (non-hydrogen) atoms. The minimum Gasteiger partial charge on any atom is -0.510 e. The van der Waals surface area contributed by atoms with Crippen LogP contribution in [0.3, 0.4) is 0 Å². The Hall–Kier alpha value is -2.55. The van der Waals surface area contributed by atoms with E-state index in [9.17, 15) is 14.3 Å². The Morgan fingerprint density at radius 1 is 1.33 bits per heavy atom. The first-order valence-corrected chi connectivity index (χ1v) is 6.40. The molecule has 108 valence electrons. The molecule has 2 rings (SSSR count). The molecule has 1 aliphatic carbocycles. The number of hydrogen-bond donors (Lipinski definition) is 1. The standard InChI is InChI=1S/C15H14FN3O2/c1-15(2)6-12(20)14(13(21)7-15)19-18-11-5-3-4-10(16)9(11)8-17/h3-5,20H,6-7H2,1-2H3. The first-order valence-electron chi connectivity index (χ1n) is 6.40. The van der Waals surface area contributed by atoms with Gasteiger partial charge in [-0.05, 0) is 17.5 Å². The zero-order valence-corrected chi connectivity index (χ0v) is 11.7. The highest BCUT2D eigenvalue weighted by atomic mass is 19.1. The van der Waals surface area contributed by atoms with Gasteiger partial charge in [0.2, 0.25) is 0 Å². The van der Waals surface area contributed by atoms with Crippen LogP contribution in [0.1, 0.15) is 32.3 Å². The minimum atomic E-state index is -0.705. The Morgan fingerprint density at radius 2 is 2.05 bits per heavy atom. The van der Waals surface area contributed by atoms with Gasteiger partial charge in [0.15, 0.2) is 11.5 Å². The molecule has 0 saturated heterocycles. The van der Waals surface area contributed by atoms with Crippen molar-refractivity contribution < 1.29 is 14.3 Å².